The van der Waals surface area contributed by atoms with Crippen LogP contribution in [-0.4, -0.2) is 31.5 Å². The van der Waals surface area contributed by atoms with Gasteiger partial charge in [-0.15, -0.1) is 5.10 Å². The Morgan fingerprint density at radius 1 is 1.28 bits per heavy atom. The number of carbonyl (C=O) groups excluding carboxylic acids is 1. The molecule has 0 radical (unpaired) electrons. The summed E-state index contributed by atoms with van der Waals surface area (Å²) in [7, 11) is 0. The van der Waals surface area contributed by atoms with Crippen molar-refractivity contribution in [2.45, 2.75) is 19.4 Å². The number of hydrogen-bond acceptors (Lipinski definition) is 6. The maximum Gasteiger partial charge on any atom is 0.239 e. The maximum absolute atomic E-state index is 11.7. The van der Waals surface area contributed by atoms with Crippen molar-refractivity contribution in [2.75, 3.05) is 5.32 Å². The highest BCUT2D eigenvalue weighted by Crippen LogP contribution is 2.29. The monoisotopic (exact) mass is 449 g/mol. The van der Waals surface area contributed by atoms with Crippen LogP contribution in [0.15, 0.2) is 46.9 Å². The van der Waals surface area contributed by atoms with Crippen molar-refractivity contribution < 1.29 is 4.79 Å². The summed E-state index contributed by atoms with van der Waals surface area (Å²) >= 11 is 3.53. The molecule has 0 spiro atoms. The number of rotatable bonds is 5. The summed E-state index contributed by atoms with van der Waals surface area (Å²) in [6, 6.07) is 14.2. The number of nitrogens with one attached hydrogen (secondary N) is 1. The Balaban J connectivity index is 1.95. The third kappa shape index (κ3) is 3.39. The topological polar surface area (TPSA) is 122 Å². The molecule has 8 nitrogen and oxygen atoms in total. The number of aromatic nitrogens is 4. The number of amides is 1. The molecular weight excluding hydrogens is 434 g/mol. The molecule has 0 aliphatic rings. The number of carbonyl (C=O) groups is 1. The molecule has 0 aliphatic carbocycles. The number of anilines is 1. The highest BCUT2D eigenvalue weighted by Gasteiger charge is 2.20. The highest BCUT2D eigenvalue weighted by atomic mass is 79.9. The molecule has 2 aromatic heterocycles. The predicted molar refractivity (Wildman–Crippen MR) is 113 cm³/mol. The minimum absolute atomic E-state index is 0.373. The molecular formula is C20H16BrN7O. The molecule has 0 aliphatic heterocycles. The van der Waals surface area contributed by atoms with Gasteiger partial charge in [-0.25, -0.2) is 9.97 Å². The van der Waals surface area contributed by atoms with E-state index >= 15 is 0 Å². The number of benzene rings is 2. The molecule has 0 saturated heterocycles. The van der Waals surface area contributed by atoms with E-state index in [0.29, 0.717) is 34.9 Å². The zero-order valence-corrected chi connectivity index (χ0v) is 17.0. The lowest BCUT2D eigenvalue weighted by molar-refractivity contribution is -0.118. The molecule has 29 heavy (non-hydrogen) atoms. The number of nitrogens with two attached hydrogens (primary N) is 1. The second kappa shape index (κ2) is 7.48. The number of para-hydroxylation sites is 1. The van der Waals surface area contributed by atoms with Crippen molar-refractivity contribution in [3.05, 3.63) is 52.5 Å². The summed E-state index contributed by atoms with van der Waals surface area (Å²) in [5, 5.41) is 17.5. The van der Waals surface area contributed by atoms with Gasteiger partial charge in [0, 0.05) is 15.4 Å². The molecule has 2 aromatic carbocycles. The summed E-state index contributed by atoms with van der Waals surface area (Å²) < 4.78 is 2.38. The van der Waals surface area contributed by atoms with E-state index in [0.717, 1.165) is 15.4 Å². The SMILES string of the molecule is CC[C@H](Nc1nc2c(Br)cccc2c2nc(-c3ccc(C#N)cc3)nn12)C(N)=O. The first kappa shape index (κ1) is 18.8. The van der Waals surface area contributed by atoms with Gasteiger partial charge in [-0.3, -0.25) is 4.79 Å². The van der Waals surface area contributed by atoms with E-state index in [4.69, 9.17) is 16.0 Å². The number of nitriles is 1. The summed E-state index contributed by atoms with van der Waals surface area (Å²) in [5.74, 6) is 0.387. The first-order valence-electron chi connectivity index (χ1n) is 8.93. The number of fused-ring (bicyclic) bond motifs is 3. The molecule has 1 amide bonds. The van der Waals surface area contributed by atoms with E-state index in [2.05, 4.69) is 37.4 Å². The second-order valence-corrected chi connectivity index (χ2v) is 7.29. The van der Waals surface area contributed by atoms with Crippen LogP contribution < -0.4 is 11.1 Å². The van der Waals surface area contributed by atoms with Crippen molar-refractivity contribution in [3.63, 3.8) is 0 Å². The van der Waals surface area contributed by atoms with Crippen LogP contribution in [-0.2, 0) is 4.79 Å². The predicted octanol–water partition coefficient (Wildman–Crippen LogP) is 3.25. The van der Waals surface area contributed by atoms with E-state index < -0.39 is 11.9 Å². The molecule has 0 fully saturated rings. The molecule has 9 heteroatoms. The number of hydrogen-bond donors (Lipinski definition) is 2. The Labute approximate surface area is 174 Å². The number of primary amides is 1. The van der Waals surface area contributed by atoms with E-state index in [1.165, 1.54) is 0 Å². The van der Waals surface area contributed by atoms with Gasteiger partial charge in [0.25, 0.3) is 0 Å². The second-order valence-electron chi connectivity index (χ2n) is 6.44. The Kier molecular flexibility index (Phi) is 4.86. The number of nitrogens with zero attached hydrogens (tertiary/aromatic N) is 5. The van der Waals surface area contributed by atoms with Crippen LogP contribution >= 0.6 is 15.9 Å². The quantitative estimate of drug-likeness (QED) is 0.481. The Morgan fingerprint density at radius 3 is 2.69 bits per heavy atom. The van der Waals surface area contributed by atoms with Gasteiger partial charge in [-0.05, 0) is 58.7 Å². The third-order valence-corrected chi connectivity index (χ3v) is 5.22. The Bertz CT molecular complexity index is 1270. The summed E-state index contributed by atoms with van der Waals surface area (Å²) in [5.41, 5.74) is 8.11. The Hall–Kier alpha value is -3.51. The first-order valence-corrected chi connectivity index (χ1v) is 9.72. The van der Waals surface area contributed by atoms with Crippen LogP contribution in [0.4, 0.5) is 5.95 Å². The van der Waals surface area contributed by atoms with Gasteiger partial charge in [-0.1, -0.05) is 13.0 Å². The smallest absolute Gasteiger partial charge is 0.239 e. The molecule has 0 unspecified atom stereocenters. The molecule has 1 atom stereocenters. The average molecular weight is 450 g/mol. The molecule has 4 rings (SSSR count). The van der Waals surface area contributed by atoms with Crippen molar-refractivity contribution in [2.24, 2.45) is 5.73 Å². The van der Waals surface area contributed by atoms with Crippen LogP contribution in [0, 0.1) is 11.3 Å². The molecule has 0 saturated carbocycles. The van der Waals surface area contributed by atoms with Crippen LogP contribution in [0.25, 0.3) is 27.9 Å². The molecule has 0 bridgehead atoms. The largest absolute Gasteiger partial charge is 0.368 e. The number of halogens is 1. The molecule has 3 N–H and O–H groups in total. The van der Waals surface area contributed by atoms with Gasteiger partial charge in [0.2, 0.25) is 11.9 Å². The summed E-state index contributed by atoms with van der Waals surface area (Å²) in [6.45, 7) is 1.86. The van der Waals surface area contributed by atoms with Crippen LogP contribution in [0.5, 0.6) is 0 Å². The van der Waals surface area contributed by atoms with E-state index in [1.54, 1.807) is 28.8 Å². The summed E-state index contributed by atoms with van der Waals surface area (Å²) in [4.78, 5) is 21.1. The highest BCUT2D eigenvalue weighted by molar-refractivity contribution is 9.10. The van der Waals surface area contributed by atoms with E-state index in [9.17, 15) is 4.79 Å². The zero-order valence-electron chi connectivity index (χ0n) is 15.4. The van der Waals surface area contributed by atoms with Gasteiger partial charge < -0.3 is 11.1 Å². The zero-order chi connectivity index (χ0) is 20.5. The van der Waals surface area contributed by atoms with Gasteiger partial charge in [0.05, 0.1) is 17.1 Å². The van der Waals surface area contributed by atoms with Crippen LogP contribution in [0.2, 0.25) is 0 Å². The van der Waals surface area contributed by atoms with Gasteiger partial charge in [0.1, 0.15) is 6.04 Å². The van der Waals surface area contributed by atoms with Crippen molar-refractivity contribution in [1.82, 2.24) is 19.6 Å². The van der Waals surface area contributed by atoms with Crippen molar-refractivity contribution >= 4 is 44.3 Å². The van der Waals surface area contributed by atoms with Gasteiger partial charge >= 0.3 is 0 Å². The van der Waals surface area contributed by atoms with Gasteiger partial charge in [-0.2, -0.15) is 9.78 Å². The van der Waals surface area contributed by atoms with Gasteiger partial charge in [0.15, 0.2) is 11.5 Å². The molecule has 144 valence electrons. The maximum atomic E-state index is 11.7. The fourth-order valence-electron chi connectivity index (χ4n) is 3.04. The molecule has 4 aromatic rings. The lowest BCUT2D eigenvalue weighted by atomic mass is 10.1. The fraction of sp³-hybridized carbons (Fsp3) is 0.150. The van der Waals surface area contributed by atoms with Crippen LogP contribution in [0.1, 0.15) is 18.9 Å². The fourth-order valence-corrected chi connectivity index (χ4v) is 3.49. The third-order valence-electron chi connectivity index (χ3n) is 4.58. The van der Waals surface area contributed by atoms with Crippen LogP contribution in [0.3, 0.4) is 0 Å². The molecule has 2 heterocycles. The normalized spacial score (nSPS) is 12.0. The average Bonchev–Trinajstić information content (AvgIpc) is 3.18. The van der Waals surface area contributed by atoms with E-state index in [1.807, 2.05) is 25.1 Å². The minimum Gasteiger partial charge on any atom is -0.368 e. The lowest BCUT2D eigenvalue weighted by Crippen LogP contribution is -2.35. The summed E-state index contributed by atoms with van der Waals surface area (Å²) in [6.07, 6.45) is 0.504. The van der Waals surface area contributed by atoms with Crippen molar-refractivity contribution in [1.29, 1.82) is 5.26 Å². The Morgan fingerprint density at radius 2 is 2.03 bits per heavy atom. The minimum atomic E-state index is -0.590. The lowest BCUT2D eigenvalue weighted by Gasteiger charge is -2.15. The standard InChI is InChI=1S/C20H16BrN7O/c1-2-15(17(23)29)24-20-25-16-13(4-3-5-14(16)21)19-26-18(27-28(19)20)12-8-6-11(10-22)7-9-12/h3-9,15H,2H2,1H3,(H2,23,29)(H,24,25)/t15-/m0/s1. The first-order chi connectivity index (χ1) is 14.0. The van der Waals surface area contributed by atoms with E-state index in [-0.39, 0.29) is 0 Å². The van der Waals surface area contributed by atoms with Crippen molar-refractivity contribution in [3.8, 4) is 17.5 Å².